The zero-order valence-corrected chi connectivity index (χ0v) is 16.1. The number of carbonyl (C=O) groups is 2. The molecule has 1 atom stereocenters. The van der Waals surface area contributed by atoms with Crippen molar-refractivity contribution in [2.45, 2.75) is 77.0 Å². The largest absolute Gasteiger partial charge is 0.469 e. The van der Waals surface area contributed by atoms with E-state index < -0.39 is 5.60 Å². The van der Waals surface area contributed by atoms with Crippen LogP contribution in [0.3, 0.4) is 0 Å². The molecule has 2 aliphatic rings. The second-order valence-corrected chi connectivity index (χ2v) is 8.18. The Labute approximate surface area is 151 Å². The fourth-order valence-electron chi connectivity index (χ4n) is 3.71. The molecule has 0 aromatic heterocycles. The molecule has 2 rings (SSSR count). The van der Waals surface area contributed by atoms with Crippen molar-refractivity contribution in [3.8, 4) is 0 Å². The van der Waals surface area contributed by atoms with Crippen molar-refractivity contribution in [2.75, 3.05) is 26.8 Å². The zero-order chi connectivity index (χ0) is 18.4. The van der Waals surface area contributed by atoms with Gasteiger partial charge in [-0.05, 0) is 65.8 Å². The molecule has 0 unspecified atom stereocenters. The maximum absolute atomic E-state index is 12.0. The molecule has 1 saturated carbocycles. The predicted octanol–water partition coefficient (Wildman–Crippen LogP) is 2.54. The van der Waals surface area contributed by atoms with Crippen molar-refractivity contribution >= 4 is 11.9 Å². The Bertz CT molecular complexity index is 451. The first-order chi connectivity index (χ1) is 11.8. The van der Waals surface area contributed by atoms with Crippen molar-refractivity contribution in [1.82, 2.24) is 4.90 Å². The molecule has 0 spiro atoms. The van der Waals surface area contributed by atoms with Gasteiger partial charge in [-0.2, -0.15) is 0 Å². The first-order valence-electron chi connectivity index (χ1n) is 9.44. The number of rotatable bonds is 6. The van der Waals surface area contributed by atoms with E-state index in [1.807, 2.05) is 20.8 Å². The van der Waals surface area contributed by atoms with Gasteiger partial charge < -0.3 is 14.2 Å². The quantitative estimate of drug-likeness (QED) is 0.682. The number of carbonyl (C=O) groups excluding carboxylic acids is 2. The lowest BCUT2D eigenvalue weighted by Crippen LogP contribution is -2.40. The van der Waals surface area contributed by atoms with Crippen molar-refractivity contribution < 1.29 is 23.8 Å². The molecule has 1 aliphatic heterocycles. The molecule has 0 radical (unpaired) electrons. The highest BCUT2D eigenvalue weighted by atomic mass is 16.6. The topological polar surface area (TPSA) is 65.1 Å². The summed E-state index contributed by atoms with van der Waals surface area (Å²) in [6.45, 7) is 7.57. The number of likely N-dealkylation sites (tertiary alicyclic amines) is 1. The third kappa shape index (κ3) is 6.59. The number of hydrogen-bond donors (Lipinski definition) is 0. The average Bonchev–Trinajstić information content (AvgIpc) is 2.97. The molecule has 2 fully saturated rings. The molecule has 1 aliphatic carbocycles. The van der Waals surface area contributed by atoms with Crippen LogP contribution in [0.5, 0.6) is 0 Å². The molecular weight excluding hydrogens is 322 g/mol. The summed E-state index contributed by atoms with van der Waals surface area (Å²) in [4.78, 5) is 25.8. The van der Waals surface area contributed by atoms with Crippen LogP contribution in [0.15, 0.2) is 0 Å². The van der Waals surface area contributed by atoms with E-state index in [0.29, 0.717) is 13.2 Å². The molecule has 0 amide bonds. The van der Waals surface area contributed by atoms with E-state index >= 15 is 0 Å². The van der Waals surface area contributed by atoms with E-state index in [0.717, 1.165) is 45.1 Å². The standard InChI is InChI=1S/C19H33NO5/c1-19(2,3)25-17(21)12-20-11-5-6-15(20)13-24-16-9-7-14(8-10-16)18(22)23-4/h14-16H,5-13H2,1-4H3/t14?,15-,16?/m0/s1. The normalized spacial score (nSPS) is 27.9. The molecule has 6 nitrogen and oxygen atoms in total. The van der Waals surface area contributed by atoms with Crippen LogP contribution in [-0.2, 0) is 23.8 Å². The Morgan fingerprint density at radius 1 is 1.08 bits per heavy atom. The third-order valence-corrected chi connectivity index (χ3v) is 4.98. The summed E-state index contributed by atoms with van der Waals surface area (Å²) in [5.74, 6) is -0.240. The molecule has 0 aromatic carbocycles. The second kappa shape index (κ2) is 8.99. The second-order valence-electron chi connectivity index (χ2n) is 8.18. The fourth-order valence-corrected chi connectivity index (χ4v) is 3.71. The average molecular weight is 355 g/mol. The molecule has 144 valence electrons. The van der Waals surface area contributed by atoms with Gasteiger partial charge in [-0.1, -0.05) is 0 Å². The molecule has 25 heavy (non-hydrogen) atoms. The monoisotopic (exact) mass is 355 g/mol. The zero-order valence-electron chi connectivity index (χ0n) is 16.1. The van der Waals surface area contributed by atoms with Gasteiger partial charge in [-0.3, -0.25) is 14.5 Å². The van der Waals surface area contributed by atoms with Crippen LogP contribution in [0, 0.1) is 5.92 Å². The van der Waals surface area contributed by atoms with Crippen LogP contribution >= 0.6 is 0 Å². The molecule has 0 bridgehead atoms. The van der Waals surface area contributed by atoms with Gasteiger partial charge in [0.25, 0.3) is 0 Å². The molecule has 0 N–H and O–H groups in total. The first kappa shape index (κ1) is 20.2. The molecule has 1 saturated heterocycles. The van der Waals surface area contributed by atoms with Gasteiger partial charge in [0.1, 0.15) is 5.60 Å². The summed E-state index contributed by atoms with van der Waals surface area (Å²) >= 11 is 0. The Morgan fingerprint density at radius 2 is 1.76 bits per heavy atom. The molecule has 0 aromatic rings. The Balaban J connectivity index is 1.71. The highest BCUT2D eigenvalue weighted by Crippen LogP contribution is 2.28. The van der Waals surface area contributed by atoms with E-state index in [4.69, 9.17) is 14.2 Å². The van der Waals surface area contributed by atoms with E-state index in [2.05, 4.69) is 4.90 Å². The van der Waals surface area contributed by atoms with Crippen molar-refractivity contribution in [3.05, 3.63) is 0 Å². The van der Waals surface area contributed by atoms with Crippen LogP contribution in [0.4, 0.5) is 0 Å². The number of esters is 2. The molecular formula is C19H33NO5. The summed E-state index contributed by atoms with van der Waals surface area (Å²) in [6, 6.07) is 0.283. The summed E-state index contributed by atoms with van der Waals surface area (Å²) < 4.78 is 16.3. The van der Waals surface area contributed by atoms with E-state index in [1.54, 1.807) is 0 Å². The van der Waals surface area contributed by atoms with Crippen molar-refractivity contribution in [3.63, 3.8) is 0 Å². The minimum Gasteiger partial charge on any atom is -0.469 e. The van der Waals surface area contributed by atoms with Gasteiger partial charge in [0.15, 0.2) is 0 Å². The SMILES string of the molecule is COC(=O)C1CCC(OC[C@@H]2CCCN2CC(=O)OC(C)(C)C)CC1. The minimum atomic E-state index is -0.443. The van der Waals surface area contributed by atoms with Crippen LogP contribution in [-0.4, -0.2) is 61.4 Å². The van der Waals surface area contributed by atoms with E-state index in [-0.39, 0.29) is 30.0 Å². The summed E-state index contributed by atoms with van der Waals surface area (Å²) in [6.07, 6.45) is 5.83. The van der Waals surface area contributed by atoms with Crippen molar-refractivity contribution in [1.29, 1.82) is 0 Å². The Hall–Kier alpha value is -1.14. The van der Waals surface area contributed by atoms with Crippen LogP contribution in [0.1, 0.15) is 59.3 Å². The maximum atomic E-state index is 12.0. The Morgan fingerprint density at radius 3 is 2.36 bits per heavy atom. The predicted molar refractivity (Wildman–Crippen MR) is 94.2 cm³/mol. The lowest BCUT2D eigenvalue weighted by atomic mass is 9.87. The summed E-state index contributed by atoms with van der Waals surface area (Å²) in [7, 11) is 1.45. The van der Waals surface area contributed by atoms with Gasteiger partial charge >= 0.3 is 11.9 Å². The molecule has 1 heterocycles. The van der Waals surface area contributed by atoms with Gasteiger partial charge in [0.2, 0.25) is 0 Å². The number of ether oxygens (including phenoxy) is 3. The number of nitrogens with zero attached hydrogens (tertiary/aromatic N) is 1. The van der Waals surface area contributed by atoms with E-state index in [1.165, 1.54) is 7.11 Å². The van der Waals surface area contributed by atoms with Gasteiger partial charge in [0, 0.05) is 6.04 Å². The first-order valence-corrected chi connectivity index (χ1v) is 9.44. The fraction of sp³-hybridized carbons (Fsp3) is 0.895. The van der Waals surface area contributed by atoms with Crippen molar-refractivity contribution in [2.24, 2.45) is 5.92 Å². The lowest BCUT2D eigenvalue weighted by Gasteiger charge is -2.30. The minimum absolute atomic E-state index is 0.0278. The van der Waals surface area contributed by atoms with Gasteiger partial charge in [-0.25, -0.2) is 0 Å². The maximum Gasteiger partial charge on any atom is 0.320 e. The third-order valence-electron chi connectivity index (χ3n) is 4.98. The number of hydrogen-bond acceptors (Lipinski definition) is 6. The van der Waals surface area contributed by atoms with Crippen LogP contribution in [0.2, 0.25) is 0 Å². The summed E-state index contributed by atoms with van der Waals surface area (Å²) in [5.41, 5.74) is -0.443. The lowest BCUT2D eigenvalue weighted by molar-refractivity contribution is -0.156. The van der Waals surface area contributed by atoms with Crippen LogP contribution < -0.4 is 0 Å². The van der Waals surface area contributed by atoms with Crippen LogP contribution in [0.25, 0.3) is 0 Å². The summed E-state index contributed by atoms with van der Waals surface area (Å²) in [5, 5.41) is 0. The number of methoxy groups -OCH3 is 1. The smallest absolute Gasteiger partial charge is 0.320 e. The highest BCUT2D eigenvalue weighted by molar-refractivity contribution is 5.72. The van der Waals surface area contributed by atoms with Gasteiger partial charge in [-0.15, -0.1) is 0 Å². The highest BCUT2D eigenvalue weighted by Gasteiger charge is 2.31. The van der Waals surface area contributed by atoms with Gasteiger partial charge in [0.05, 0.1) is 32.3 Å². The Kier molecular flexibility index (Phi) is 7.25. The van der Waals surface area contributed by atoms with E-state index in [9.17, 15) is 9.59 Å². The molecule has 6 heteroatoms.